The fourth-order valence-corrected chi connectivity index (χ4v) is 4.26. The molecular weight excluding hydrogens is 316 g/mol. The third kappa shape index (κ3) is 3.74. The Balaban J connectivity index is 1.64. The van der Waals surface area contributed by atoms with Crippen molar-refractivity contribution in [1.82, 2.24) is 4.98 Å². The summed E-state index contributed by atoms with van der Waals surface area (Å²) in [7, 11) is -1.26. The van der Waals surface area contributed by atoms with Gasteiger partial charge in [0.15, 0.2) is 16.1 Å². The number of benzene rings is 1. The van der Waals surface area contributed by atoms with Crippen molar-refractivity contribution in [2.75, 3.05) is 17.9 Å². The van der Waals surface area contributed by atoms with Crippen LogP contribution in [0.4, 0.5) is 5.13 Å². The summed E-state index contributed by atoms with van der Waals surface area (Å²) in [6, 6.07) is 7.86. The molecule has 1 aromatic carbocycles. The lowest BCUT2D eigenvalue weighted by atomic mass is 9.98. The Morgan fingerprint density at radius 3 is 2.73 bits per heavy atom. The topological polar surface area (TPSA) is 51.2 Å². The van der Waals surface area contributed by atoms with E-state index in [1.54, 1.807) is 0 Å². The van der Waals surface area contributed by atoms with E-state index in [-0.39, 0.29) is 0 Å². The zero-order chi connectivity index (χ0) is 15.4. The van der Waals surface area contributed by atoms with Crippen molar-refractivity contribution in [3.63, 3.8) is 0 Å². The molecule has 0 aliphatic carbocycles. The SMILES string of the molecule is CCc1ccc(S(=O)Nc2nc(C3CCOCC3)cs2)cc1. The molecule has 2 heterocycles. The van der Waals surface area contributed by atoms with Gasteiger partial charge in [-0.2, -0.15) is 0 Å². The molecule has 1 N–H and O–H groups in total. The standard InChI is InChI=1S/C16H20N2O2S2/c1-2-12-3-5-14(6-4-12)22(19)18-16-17-15(11-21-16)13-7-9-20-10-8-13/h3-6,11,13H,2,7-10H2,1H3,(H,17,18). The first-order chi connectivity index (χ1) is 10.8. The lowest BCUT2D eigenvalue weighted by Gasteiger charge is -2.19. The van der Waals surface area contributed by atoms with E-state index < -0.39 is 11.0 Å². The molecule has 118 valence electrons. The van der Waals surface area contributed by atoms with Crippen molar-refractivity contribution in [2.45, 2.75) is 37.0 Å². The number of thiazole rings is 1. The number of nitrogens with zero attached hydrogens (tertiary/aromatic N) is 1. The van der Waals surface area contributed by atoms with Crippen molar-refractivity contribution in [1.29, 1.82) is 0 Å². The van der Waals surface area contributed by atoms with E-state index in [0.29, 0.717) is 5.92 Å². The third-order valence-electron chi connectivity index (χ3n) is 3.89. The van der Waals surface area contributed by atoms with E-state index in [4.69, 9.17) is 4.74 Å². The van der Waals surface area contributed by atoms with Crippen LogP contribution in [0.15, 0.2) is 34.5 Å². The van der Waals surface area contributed by atoms with Crippen LogP contribution in [0.1, 0.15) is 36.9 Å². The van der Waals surface area contributed by atoms with Crippen molar-refractivity contribution in [3.8, 4) is 0 Å². The van der Waals surface area contributed by atoms with Crippen LogP contribution in [0.3, 0.4) is 0 Å². The second-order valence-electron chi connectivity index (χ2n) is 5.33. The van der Waals surface area contributed by atoms with Gasteiger partial charge < -0.3 is 4.74 Å². The summed E-state index contributed by atoms with van der Waals surface area (Å²) in [5.41, 5.74) is 2.34. The third-order valence-corrected chi connectivity index (χ3v) is 5.87. The first-order valence-corrected chi connectivity index (χ1v) is 9.59. The summed E-state index contributed by atoms with van der Waals surface area (Å²) in [4.78, 5) is 5.37. The van der Waals surface area contributed by atoms with Gasteiger partial charge in [0.2, 0.25) is 0 Å². The Hall–Kier alpha value is -1.24. The fourth-order valence-electron chi connectivity index (χ4n) is 2.50. The Kier molecular flexibility index (Phi) is 5.23. The molecule has 0 radical (unpaired) electrons. The smallest absolute Gasteiger partial charge is 0.195 e. The molecule has 2 aromatic rings. The minimum absolute atomic E-state index is 0.470. The van der Waals surface area contributed by atoms with Crippen LogP contribution in [-0.4, -0.2) is 22.4 Å². The molecule has 0 spiro atoms. The van der Waals surface area contributed by atoms with Gasteiger partial charge in [-0.05, 0) is 37.0 Å². The molecule has 22 heavy (non-hydrogen) atoms. The minimum Gasteiger partial charge on any atom is -0.381 e. The fraction of sp³-hybridized carbons (Fsp3) is 0.438. The van der Waals surface area contributed by atoms with Gasteiger partial charge in [0, 0.05) is 24.5 Å². The molecular formula is C16H20N2O2S2. The Morgan fingerprint density at radius 1 is 1.32 bits per heavy atom. The maximum atomic E-state index is 12.3. The molecule has 0 bridgehead atoms. The summed E-state index contributed by atoms with van der Waals surface area (Å²) >= 11 is 1.52. The van der Waals surface area contributed by atoms with Crippen LogP contribution in [0, 0.1) is 0 Å². The number of hydrogen-bond donors (Lipinski definition) is 1. The summed E-state index contributed by atoms with van der Waals surface area (Å²) < 4.78 is 20.7. The Morgan fingerprint density at radius 2 is 2.05 bits per heavy atom. The van der Waals surface area contributed by atoms with Gasteiger partial charge in [0.25, 0.3) is 0 Å². The molecule has 6 heteroatoms. The van der Waals surface area contributed by atoms with Gasteiger partial charge in [0.1, 0.15) is 0 Å². The summed E-state index contributed by atoms with van der Waals surface area (Å²) in [6.07, 6.45) is 3.02. The highest BCUT2D eigenvalue weighted by Crippen LogP contribution is 2.30. The van der Waals surface area contributed by atoms with Crippen molar-refractivity contribution >= 4 is 27.5 Å². The molecule has 1 unspecified atom stereocenters. The average Bonchev–Trinajstić information content (AvgIpc) is 3.04. The van der Waals surface area contributed by atoms with Crippen LogP contribution < -0.4 is 4.72 Å². The largest absolute Gasteiger partial charge is 0.381 e. The van der Waals surface area contributed by atoms with E-state index >= 15 is 0 Å². The van der Waals surface area contributed by atoms with Gasteiger partial charge in [0.05, 0.1) is 10.6 Å². The maximum Gasteiger partial charge on any atom is 0.195 e. The predicted octanol–water partition coefficient (Wildman–Crippen LogP) is 3.73. The van der Waals surface area contributed by atoms with E-state index in [1.807, 2.05) is 24.3 Å². The van der Waals surface area contributed by atoms with Gasteiger partial charge in [-0.3, -0.25) is 4.72 Å². The number of rotatable bonds is 5. The molecule has 1 aromatic heterocycles. The number of aryl methyl sites for hydroxylation is 1. The highest BCUT2D eigenvalue weighted by molar-refractivity contribution is 7.86. The predicted molar refractivity (Wildman–Crippen MR) is 90.8 cm³/mol. The van der Waals surface area contributed by atoms with Crippen molar-refractivity contribution in [3.05, 3.63) is 40.9 Å². The molecule has 0 amide bonds. The van der Waals surface area contributed by atoms with E-state index in [9.17, 15) is 4.21 Å². The van der Waals surface area contributed by atoms with Gasteiger partial charge in [-0.15, -0.1) is 11.3 Å². The quantitative estimate of drug-likeness (QED) is 0.905. The summed E-state index contributed by atoms with van der Waals surface area (Å²) in [5.74, 6) is 0.470. The van der Waals surface area contributed by atoms with Gasteiger partial charge in [-0.1, -0.05) is 19.1 Å². The number of nitrogens with one attached hydrogen (secondary N) is 1. The molecule has 1 aliphatic rings. The highest BCUT2D eigenvalue weighted by atomic mass is 32.2. The average molecular weight is 336 g/mol. The van der Waals surface area contributed by atoms with Crippen molar-refractivity contribution in [2.24, 2.45) is 0 Å². The molecule has 4 nitrogen and oxygen atoms in total. The van der Waals surface area contributed by atoms with Crippen LogP contribution >= 0.6 is 11.3 Å². The molecule has 1 saturated heterocycles. The van der Waals surface area contributed by atoms with Crippen LogP contribution in [0.25, 0.3) is 0 Å². The lowest BCUT2D eigenvalue weighted by molar-refractivity contribution is 0.0846. The zero-order valence-corrected chi connectivity index (χ0v) is 14.2. The molecule has 3 rings (SSSR count). The molecule has 1 fully saturated rings. The van der Waals surface area contributed by atoms with Gasteiger partial charge in [-0.25, -0.2) is 9.19 Å². The number of ether oxygens (including phenoxy) is 1. The number of anilines is 1. The Labute approximate surface area is 137 Å². The normalized spacial score (nSPS) is 17.3. The monoisotopic (exact) mass is 336 g/mol. The zero-order valence-electron chi connectivity index (χ0n) is 12.6. The second kappa shape index (κ2) is 7.35. The first kappa shape index (κ1) is 15.6. The first-order valence-electron chi connectivity index (χ1n) is 7.57. The molecule has 1 aliphatic heterocycles. The van der Waals surface area contributed by atoms with Crippen molar-refractivity contribution < 1.29 is 8.95 Å². The van der Waals surface area contributed by atoms with Crippen LogP contribution in [0.2, 0.25) is 0 Å². The number of aromatic nitrogens is 1. The van der Waals surface area contributed by atoms with E-state index in [2.05, 4.69) is 22.0 Å². The summed E-state index contributed by atoms with van der Waals surface area (Å²) in [6.45, 7) is 3.72. The molecule has 0 saturated carbocycles. The van der Waals surface area contributed by atoms with E-state index in [1.165, 1.54) is 16.9 Å². The van der Waals surface area contributed by atoms with Crippen LogP contribution in [0.5, 0.6) is 0 Å². The second-order valence-corrected chi connectivity index (χ2v) is 7.40. The Bertz CT molecular complexity index is 634. The van der Waals surface area contributed by atoms with Gasteiger partial charge >= 0.3 is 0 Å². The van der Waals surface area contributed by atoms with Crippen LogP contribution in [-0.2, 0) is 22.1 Å². The maximum absolute atomic E-state index is 12.3. The van der Waals surface area contributed by atoms with E-state index in [0.717, 1.165) is 48.2 Å². The lowest BCUT2D eigenvalue weighted by Crippen LogP contribution is -2.14. The summed E-state index contributed by atoms with van der Waals surface area (Å²) in [5, 5.41) is 2.79. The minimum atomic E-state index is -1.26. The molecule has 1 atom stereocenters. The number of hydrogen-bond acceptors (Lipinski definition) is 4. The highest BCUT2D eigenvalue weighted by Gasteiger charge is 2.19.